The lowest BCUT2D eigenvalue weighted by atomic mass is 9.94. The number of carboxylic acid groups (broad SMARTS) is 1. The van der Waals surface area contributed by atoms with Gasteiger partial charge in [0.1, 0.15) is 12.4 Å². The number of carbonyl (C=O) groups is 1. The number of anilines is 1. The topological polar surface area (TPSA) is 49.8 Å². The van der Waals surface area contributed by atoms with E-state index in [4.69, 9.17) is 9.84 Å². The Morgan fingerprint density at radius 3 is 2.05 bits per heavy atom. The van der Waals surface area contributed by atoms with Gasteiger partial charge >= 0.3 is 5.97 Å². The lowest BCUT2D eigenvalue weighted by Crippen LogP contribution is -2.30. The lowest BCUT2D eigenvalue weighted by molar-refractivity contribution is 0.0697. The molecular formula is C35H39NO3. The largest absolute Gasteiger partial charge is 0.489 e. The van der Waals surface area contributed by atoms with Crippen molar-refractivity contribution >= 4 is 11.7 Å². The number of benzene rings is 4. The van der Waals surface area contributed by atoms with Gasteiger partial charge in [0, 0.05) is 18.3 Å². The van der Waals surface area contributed by atoms with E-state index in [2.05, 4.69) is 93.3 Å². The minimum Gasteiger partial charge on any atom is -0.489 e. The molecule has 4 aromatic carbocycles. The van der Waals surface area contributed by atoms with Crippen molar-refractivity contribution in [3.05, 3.63) is 119 Å². The molecule has 0 radical (unpaired) electrons. The molecule has 39 heavy (non-hydrogen) atoms. The summed E-state index contributed by atoms with van der Waals surface area (Å²) in [5.41, 5.74) is 7.47. The van der Waals surface area contributed by atoms with Gasteiger partial charge in [-0.2, -0.15) is 0 Å². The van der Waals surface area contributed by atoms with Crippen molar-refractivity contribution < 1.29 is 14.6 Å². The zero-order chi connectivity index (χ0) is 27.8. The number of ether oxygens (including phenoxy) is 1. The summed E-state index contributed by atoms with van der Waals surface area (Å²) in [5.74, 6) is 0.482. The fraction of sp³-hybridized carbons (Fsp3) is 0.286. The lowest BCUT2D eigenvalue weighted by Gasteiger charge is -2.30. The standard InChI is InChI=1S/C35H39NO3/c1-5-28(6-2)29-14-18-33(19-15-29)36(25(3)4)23-27-8-7-9-32(22-27)30-16-20-34(21-17-30)39-24-26-10-12-31(13-11-26)35(37)38/h7-22,25,28H,5-6,23-24H2,1-4H3,(H,37,38). The third-order valence-electron chi connectivity index (χ3n) is 7.38. The fourth-order valence-electron chi connectivity index (χ4n) is 4.97. The van der Waals surface area contributed by atoms with Crippen molar-refractivity contribution in [3.63, 3.8) is 0 Å². The van der Waals surface area contributed by atoms with Gasteiger partial charge < -0.3 is 14.7 Å². The second-order valence-corrected chi connectivity index (χ2v) is 10.3. The summed E-state index contributed by atoms with van der Waals surface area (Å²) in [4.78, 5) is 13.5. The van der Waals surface area contributed by atoms with Crippen LogP contribution in [0.1, 0.15) is 73.5 Å². The molecule has 4 aromatic rings. The number of aromatic carboxylic acids is 1. The highest BCUT2D eigenvalue weighted by Gasteiger charge is 2.14. The number of carboxylic acids is 1. The van der Waals surface area contributed by atoms with E-state index in [1.54, 1.807) is 24.3 Å². The van der Waals surface area contributed by atoms with Crippen LogP contribution in [0.5, 0.6) is 5.75 Å². The van der Waals surface area contributed by atoms with Crippen LogP contribution in [0.4, 0.5) is 5.69 Å². The van der Waals surface area contributed by atoms with Crippen LogP contribution in [0.2, 0.25) is 0 Å². The van der Waals surface area contributed by atoms with Gasteiger partial charge in [-0.3, -0.25) is 0 Å². The van der Waals surface area contributed by atoms with Crippen LogP contribution in [0.15, 0.2) is 97.1 Å². The van der Waals surface area contributed by atoms with Crippen molar-refractivity contribution in [1.82, 2.24) is 0 Å². The zero-order valence-electron chi connectivity index (χ0n) is 23.4. The number of hydrogen-bond donors (Lipinski definition) is 1. The molecule has 4 nitrogen and oxygen atoms in total. The summed E-state index contributed by atoms with van der Waals surface area (Å²) in [5, 5.41) is 9.05. The van der Waals surface area contributed by atoms with Gasteiger partial charge in [-0.25, -0.2) is 4.79 Å². The second-order valence-electron chi connectivity index (χ2n) is 10.3. The highest BCUT2D eigenvalue weighted by atomic mass is 16.5. The van der Waals surface area contributed by atoms with Crippen molar-refractivity contribution in [2.45, 2.75) is 65.6 Å². The Labute approximate surface area is 232 Å². The third kappa shape index (κ3) is 7.29. The van der Waals surface area contributed by atoms with Crippen molar-refractivity contribution in [2.24, 2.45) is 0 Å². The van der Waals surface area contributed by atoms with Crippen molar-refractivity contribution in [3.8, 4) is 16.9 Å². The first-order chi connectivity index (χ1) is 18.9. The molecule has 202 valence electrons. The predicted molar refractivity (Wildman–Crippen MR) is 161 cm³/mol. The minimum absolute atomic E-state index is 0.275. The van der Waals surface area contributed by atoms with Gasteiger partial charge in [0.05, 0.1) is 5.56 Å². The van der Waals surface area contributed by atoms with E-state index in [1.807, 2.05) is 12.1 Å². The number of rotatable bonds is 12. The molecule has 4 heteroatoms. The first-order valence-corrected chi connectivity index (χ1v) is 13.9. The molecule has 0 aliphatic rings. The van der Waals surface area contributed by atoms with Gasteiger partial charge in [0.15, 0.2) is 0 Å². The van der Waals surface area contributed by atoms with Crippen molar-refractivity contribution in [2.75, 3.05) is 4.90 Å². The monoisotopic (exact) mass is 521 g/mol. The smallest absolute Gasteiger partial charge is 0.335 e. The molecular weight excluding hydrogens is 482 g/mol. The molecule has 0 fully saturated rings. The van der Waals surface area contributed by atoms with E-state index in [9.17, 15) is 4.79 Å². The maximum atomic E-state index is 11.0. The average Bonchev–Trinajstić information content (AvgIpc) is 2.96. The van der Waals surface area contributed by atoms with E-state index >= 15 is 0 Å². The highest BCUT2D eigenvalue weighted by Crippen LogP contribution is 2.29. The average molecular weight is 522 g/mol. The minimum atomic E-state index is -0.926. The van der Waals surface area contributed by atoms with E-state index in [0.29, 0.717) is 18.6 Å². The van der Waals surface area contributed by atoms with Gasteiger partial charge in [-0.15, -0.1) is 0 Å². The fourth-order valence-corrected chi connectivity index (χ4v) is 4.97. The molecule has 0 atom stereocenters. The van der Waals surface area contributed by atoms with Crippen LogP contribution in [0.25, 0.3) is 11.1 Å². The summed E-state index contributed by atoms with van der Waals surface area (Å²) in [6, 6.07) is 33.2. The first kappa shape index (κ1) is 28.0. The predicted octanol–water partition coefficient (Wildman–Crippen LogP) is 8.95. The molecule has 0 unspecified atom stereocenters. The summed E-state index contributed by atoms with van der Waals surface area (Å²) < 4.78 is 5.92. The number of hydrogen-bond acceptors (Lipinski definition) is 3. The quantitative estimate of drug-likeness (QED) is 0.202. The maximum absolute atomic E-state index is 11.0. The van der Waals surface area contributed by atoms with Crippen molar-refractivity contribution in [1.29, 1.82) is 0 Å². The molecule has 0 aliphatic heterocycles. The molecule has 0 heterocycles. The summed E-state index contributed by atoms with van der Waals surface area (Å²) in [6.07, 6.45) is 2.35. The van der Waals surface area contributed by atoms with Gasteiger partial charge in [-0.1, -0.05) is 68.4 Å². The van der Waals surface area contributed by atoms with Crippen LogP contribution in [0, 0.1) is 0 Å². The molecule has 0 aliphatic carbocycles. The molecule has 0 aromatic heterocycles. The Balaban J connectivity index is 1.42. The summed E-state index contributed by atoms with van der Waals surface area (Å²) >= 11 is 0. The Bertz CT molecular complexity index is 1340. The van der Waals surface area contributed by atoms with Crippen LogP contribution in [-0.2, 0) is 13.2 Å². The molecule has 0 bridgehead atoms. The molecule has 0 saturated heterocycles. The highest BCUT2D eigenvalue weighted by molar-refractivity contribution is 5.87. The SMILES string of the molecule is CCC(CC)c1ccc(N(Cc2cccc(-c3ccc(OCc4ccc(C(=O)O)cc4)cc3)c2)C(C)C)cc1. The van der Waals surface area contributed by atoms with Crippen LogP contribution >= 0.6 is 0 Å². The maximum Gasteiger partial charge on any atom is 0.335 e. The Kier molecular flexibility index (Phi) is 9.43. The molecule has 0 amide bonds. The second kappa shape index (κ2) is 13.1. The molecule has 0 spiro atoms. The number of nitrogens with zero attached hydrogens (tertiary/aromatic N) is 1. The molecule has 1 N–H and O–H groups in total. The molecule has 0 saturated carbocycles. The van der Waals surface area contributed by atoms with Crippen LogP contribution in [0.3, 0.4) is 0 Å². The van der Waals surface area contributed by atoms with E-state index < -0.39 is 5.97 Å². The van der Waals surface area contributed by atoms with E-state index in [1.165, 1.54) is 35.2 Å². The van der Waals surface area contributed by atoms with Gasteiger partial charge in [-0.05, 0) is 103 Å². The molecule has 4 rings (SSSR count). The third-order valence-corrected chi connectivity index (χ3v) is 7.38. The normalized spacial score (nSPS) is 11.1. The summed E-state index contributed by atoms with van der Waals surface area (Å²) in [6.45, 7) is 10.3. The van der Waals surface area contributed by atoms with Crippen LogP contribution < -0.4 is 9.64 Å². The Morgan fingerprint density at radius 1 is 0.795 bits per heavy atom. The summed E-state index contributed by atoms with van der Waals surface area (Å²) in [7, 11) is 0. The zero-order valence-corrected chi connectivity index (χ0v) is 23.4. The first-order valence-electron chi connectivity index (χ1n) is 13.9. The van der Waals surface area contributed by atoms with Gasteiger partial charge in [0.25, 0.3) is 0 Å². The van der Waals surface area contributed by atoms with E-state index in [0.717, 1.165) is 23.4 Å². The Morgan fingerprint density at radius 2 is 1.46 bits per heavy atom. The Hall–Kier alpha value is -4.05. The van der Waals surface area contributed by atoms with Crippen LogP contribution in [-0.4, -0.2) is 17.1 Å². The van der Waals surface area contributed by atoms with Gasteiger partial charge in [0.2, 0.25) is 0 Å². The van der Waals surface area contributed by atoms with E-state index in [-0.39, 0.29) is 5.56 Å².